The third-order valence-corrected chi connectivity index (χ3v) is 14.2. The van der Waals surface area contributed by atoms with Crippen molar-refractivity contribution in [1.82, 2.24) is 20.9 Å². The molecule has 0 spiro atoms. The van der Waals surface area contributed by atoms with Crippen LogP contribution < -0.4 is 25.4 Å². The molecule has 2 aliphatic rings. The fraction of sp³-hybridized carbons (Fsp3) is 0.305. The highest BCUT2D eigenvalue weighted by atomic mass is 127. The van der Waals surface area contributed by atoms with Crippen molar-refractivity contribution in [2.24, 2.45) is 0 Å². The van der Waals surface area contributed by atoms with Crippen molar-refractivity contribution >= 4 is 52.4 Å². The highest BCUT2D eigenvalue weighted by Gasteiger charge is 2.44. The van der Waals surface area contributed by atoms with Crippen LogP contribution in [0.4, 0.5) is 4.79 Å². The van der Waals surface area contributed by atoms with E-state index in [1.165, 1.54) is 11.9 Å². The van der Waals surface area contributed by atoms with Gasteiger partial charge in [0.2, 0.25) is 17.7 Å². The number of benzene rings is 6. The summed E-state index contributed by atoms with van der Waals surface area (Å²) in [7, 11) is 4.71. The number of nitrogens with zero attached hydrogens (tertiary/aromatic N) is 1. The number of amides is 4. The average molecular weight is 1130 g/mol. The summed E-state index contributed by atoms with van der Waals surface area (Å²) < 4.78 is 36.5. The van der Waals surface area contributed by atoms with Gasteiger partial charge in [0, 0.05) is 42.3 Å². The number of halogens is 1. The van der Waals surface area contributed by atoms with E-state index in [1.54, 1.807) is 14.2 Å². The van der Waals surface area contributed by atoms with Crippen LogP contribution in [0.25, 0.3) is 11.1 Å². The monoisotopic (exact) mass is 1130 g/mol. The Hall–Kier alpha value is -7.28. The molecule has 1 fully saturated rings. The fourth-order valence-electron chi connectivity index (χ4n) is 9.84. The SMILES string of the molecule is CNC(=O)CCC(=O)O[C@@H]1C[C@@H](C(=O)NCCOCCOC(c2ccccc2)(c2ccc(OC)cc2)c2ccc(OC)cc2)N(C(=O)[C@H](Cc2cccc(I)c2)NC(=O)OCC2c3ccccc3-c3ccccc32)C1. The van der Waals surface area contributed by atoms with Gasteiger partial charge in [-0.25, -0.2) is 4.79 Å². The number of nitrogens with one attached hydrogen (secondary N) is 3. The quantitative estimate of drug-likeness (QED) is 0.0246. The number of fused-ring (bicyclic) bond motifs is 3. The van der Waals surface area contributed by atoms with Crippen LogP contribution in [-0.2, 0) is 50.1 Å². The third kappa shape index (κ3) is 13.2. The minimum atomic E-state index is -1.17. The van der Waals surface area contributed by atoms with Crippen LogP contribution in [0.3, 0.4) is 0 Å². The van der Waals surface area contributed by atoms with Gasteiger partial charge >= 0.3 is 12.1 Å². The number of rotatable bonds is 23. The van der Waals surface area contributed by atoms with E-state index in [-0.39, 0.29) is 77.0 Å². The highest BCUT2D eigenvalue weighted by Crippen LogP contribution is 2.45. The molecule has 6 aromatic carbocycles. The number of hydrogen-bond donors (Lipinski definition) is 3. The van der Waals surface area contributed by atoms with E-state index in [0.717, 1.165) is 48.1 Å². The van der Waals surface area contributed by atoms with Crippen molar-refractivity contribution in [3.8, 4) is 22.6 Å². The first-order valence-electron chi connectivity index (χ1n) is 24.9. The molecular formula is C59H61IN4O11. The summed E-state index contributed by atoms with van der Waals surface area (Å²) >= 11 is 2.19. The molecule has 1 heterocycles. The van der Waals surface area contributed by atoms with Gasteiger partial charge in [-0.05, 0) is 103 Å². The Morgan fingerprint density at radius 2 is 1.32 bits per heavy atom. The van der Waals surface area contributed by atoms with Crippen molar-refractivity contribution in [3.05, 3.63) is 189 Å². The van der Waals surface area contributed by atoms with Crippen LogP contribution in [0.5, 0.6) is 11.5 Å². The van der Waals surface area contributed by atoms with Gasteiger partial charge in [-0.15, -0.1) is 0 Å². The number of ether oxygens (including phenoxy) is 6. The summed E-state index contributed by atoms with van der Waals surface area (Å²) in [5.41, 5.74) is 6.59. The van der Waals surface area contributed by atoms with E-state index >= 15 is 0 Å². The molecule has 0 saturated carbocycles. The van der Waals surface area contributed by atoms with Gasteiger partial charge < -0.3 is 49.3 Å². The Labute approximate surface area is 450 Å². The molecule has 1 saturated heterocycles. The minimum Gasteiger partial charge on any atom is -0.497 e. The lowest BCUT2D eigenvalue weighted by molar-refractivity contribution is -0.150. The molecule has 0 aromatic heterocycles. The number of alkyl carbamates (subject to hydrolysis) is 1. The van der Waals surface area contributed by atoms with Crippen molar-refractivity contribution < 1.29 is 52.4 Å². The molecule has 1 aliphatic carbocycles. The van der Waals surface area contributed by atoms with Gasteiger partial charge in [-0.2, -0.15) is 0 Å². The summed E-state index contributed by atoms with van der Waals surface area (Å²) in [5.74, 6) is -0.839. The molecule has 0 radical (unpaired) electrons. The Morgan fingerprint density at radius 3 is 1.93 bits per heavy atom. The third-order valence-electron chi connectivity index (χ3n) is 13.5. The average Bonchev–Trinajstić information content (AvgIpc) is 4.02. The number of methoxy groups -OCH3 is 2. The normalized spacial score (nSPS) is 15.2. The molecule has 16 heteroatoms. The molecule has 3 atom stereocenters. The van der Waals surface area contributed by atoms with E-state index in [2.05, 4.69) is 38.5 Å². The Bertz CT molecular complexity index is 2830. The van der Waals surface area contributed by atoms with Gasteiger partial charge in [0.15, 0.2) is 0 Å². The zero-order valence-electron chi connectivity index (χ0n) is 42.1. The van der Waals surface area contributed by atoms with Crippen molar-refractivity contribution in [1.29, 1.82) is 0 Å². The number of carbonyl (C=O) groups excluding carboxylic acids is 5. The highest BCUT2D eigenvalue weighted by molar-refractivity contribution is 14.1. The molecule has 8 rings (SSSR count). The Kier molecular flexibility index (Phi) is 18.6. The van der Waals surface area contributed by atoms with Crippen LogP contribution in [0, 0.1) is 3.57 Å². The van der Waals surface area contributed by atoms with Crippen LogP contribution in [0.15, 0.2) is 152 Å². The van der Waals surface area contributed by atoms with E-state index in [4.69, 9.17) is 28.4 Å². The summed E-state index contributed by atoms with van der Waals surface area (Å²) in [6.45, 7) is 0.420. The predicted molar refractivity (Wildman–Crippen MR) is 290 cm³/mol. The van der Waals surface area contributed by atoms with Crippen molar-refractivity contribution in [3.63, 3.8) is 0 Å². The van der Waals surface area contributed by atoms with E-state index < -0.39 is 47.7 Å². The molecule has 75 heavy (non-hydrogen) atoms. The number of carbonyl (C=O) groups is 5. The van der Waals surface area contributed by atoms with Crippen LogP contribution in [0.2, 0.25) is 0 Å². The molecule has 0 bridgehead atoms. The van der Waals surface area contributed by atoms with Gasteiger partial charge in [0.05, 0.1) is 47.0 Å². The standard InChI is InChI=1S/C59H61IN4O11/c1-61-54(65)28-29-55(66)75-46-36-53(56(67)62-30-31-72-32-33-74-59(40-13-5-4-6-14-40,41-20-24-44(70-2)25-21-41)42-22-26-45(71-3)27-23-42)64(37-46)57(68)52(35-39-12-11-15-43(60)34-39)63-58(69)73-38-51-49-18-9-7-16-47(49)48-17-8-10-19-50(48)51/h4-27,34,46,51-53H,28-33,35-38H2,1-3H3,(H,61,65)(H,62,67)(H,63,69)/t46-,52+,53+/m1/s1. The lowest BCUT2D eigenvalue weighted by atomic mass is 9.80. The number of esters is 1. The lowest BCUT2D eigenvalue weighted by Gasteiger charge is -2.36. The first kappa shape index (κ1) is 54.0. The second-order valence-electron chi connectivity index (χ2n) is 18.1. The summed E-state index contributed by atoms with van der Waals surface area (Å²) in [6, 6.07) is 46.7. The zero-order valence-corrected chi connectivity index (χ0v) is 44.3. The second-order valence-corrected chi connectivity index (χ2v) is 19.4. The summed E-state index contributed by atoms with van der Waals surface area (Å²) in [4.78, 5) is 69.2. The lowest BCUT2D eigenvalue weighted by Crippen LogP contribution is -2.54. The first-order chi connectivity index (χ1) is 36.5. The molecule has 4 amide bonds. The van der Waals surface area contributed by atoms with E-state index in [1.807, 2.05) is 152 Å². The summed E-state index contributed by atoms with van der Waals surface area (Å²) in [5, 5.41) is 8.23. The number of likely N-dealkylation sites (tertiary alicyclic amines) is 1. The van der Waals surface area contributed by atoms with E-state index in [9.17, 15) is 24.0 Å². The van der Waals surface area contributed by atoms with Crippen LogP contribution in [0.1, 0.15) is 58.6 Å². The first-order valence-corrected chi connectivity index (χ1v) is 26.0. The smallest absolute Gasteiger partial charge is 0.407 e. The molecule has 0 unspecified atom stereocenters. The number of hydrogen-bond acceptors (Lipinski definition) is 11. The Morgan fingerprint density at radius 1 is 0.707 bits per heavy atom. The predicted octanol–water partition coefficient (Wildman–Crippen LogP) is 7.94. The van der Waals surface area contributed by atoms with Gasteiger partial charge in [-0.3, -0.25) is 19.2 Å². The molecule has 390 valence electrons. The molecule has 15 nitrogen and oxygen atoms in total. The molecule has 1 aliphatic heterocycles. The maximum Gasteiger partial charge on any atom is 0.407 e. The minimum absolute atomic E-state index is 0.0167. The largest absolute Gasteiger partial charge is 0.497 e. The molecular weight excluding hydrogens is 1070 g/mol. The maximum absolute atomic E-state index is 14.9. The molecule has 6 aromatic rings. The van der Waals surface area contributed by atoms with Gasteiger partial charge in [-0.1, -0.05) is 115 Å². The van der Waals surface area contributed by atoms with Gasteiger partial charge in [0.1, 0.15) is 41.9 Å². The molecule has 3 N–H and O–H groups in total. The Balaban J connectivity index is 0.947. The topological polar surface area (TPSA) is 180 Å². The maximum atomic E-state index is 14.9. The van der Waals surface area contributed by atoms with Crippen molar-refractivity contribution in [2.75, 3.05) is 60.8 Å². The van der Waals surface area contributed by atoms with Crippen LogP contribution >= 0.6 is 22.6 Å². The van der Waals surface area contributed by atoms with E-state index in [0.29, 0.717) is 11.5 Å². The zero-order chi connectivity index (χ0) is 52.7. The van der Waals surface area contributed by atoms with Crippen molar-refractivity contribution in [2.45, 2.75) is 55.4 Å². The van der Waals surface area contributed by atoms with Crippen LogP contribution in [-0.4, -0.2) is 114 Å². The second kappa shape index (κ2) is 25.8. The summed E-state index contributed by atoms with van der Waals surface area (Å²) in [6.07, 6.45) is -1.88. The van der Waals surface area contributed by atoms with Gasteiger partial charge in [0.25, 0.3) is 0 Å². The fourth-order valence-corrected chi connectivity index (χ4v) is 10.4.